The van der Waals surface area contributed by atoms with Crippen molar-refractivity contribution in [1.29, 1.82) is 0 Å². The summed E-state index contributed by atoms with van der Waals surface area (Å²) in [7, 11) is 1.52. The molecular weight excluding hydrogens is 288 g/mol. The Bertz CT molecular complexity index is 644. The summed E-state index contributed by atoms with van der Waals surface area (Å²) in [5.74, 6) is 0.341. The number of nitrogens with one attached hydrogen (secondary N) is 1. The average molecular weight is 305 g/mol. The fourth-order valence-electron chi connectivity index (χ4n) is 1.97. The van der Waals surface area contributed by atoms with E-state index in [1.54, 1.807) is 18.2 Å². The van der Waals surface area contributed by atoms with Crippen LogP contribution in [0.1, 0.15) is 15.9 Å². The van der Waals surface area contributed by atoms with Crippen LogP contribution in [-0.4, -0.2) is 19.6 Å². The Morgan fingerprint density at radius 1 is 1.29 bits per heavy atom. The summed E-state index contributed by atoms with van der Waals surface area (Å²) in [4.78, 5) is 12.0. The second-order valence-electron chi connectivity index (χ2n) is 4.59. The van der Waals surface area contributed by atoms with Gasteiger partial charge in [0.25, 0.3) is 5.91 Å². The van der Waals surface area contributed by atoms with Crippen molar-refractivity contribution in [1.82, 2.24) is 5.32 Å². The van der Waals surface area contributed by atoms with Crippen LogP contribution < -0.4 is 15.8 Å². The van der Waals surface area contributed by atoms with Crippen LogP contribution >= 0.6 is 11.6 Å². The van der Waals surface area contributed by atoms with E-state index in [-0.39, 0.29) is 5.91 Å². The second-order valence-corrected chi connectivity index (χ2v) is 5.03. The van der Waals surface area contributed by atoms with E-state index >= 15 is 0 Å². The maximum Gasteiger partial charge on any atom is 0.251 e. The van der Waals surface area contributed by atoms with Gasteiger partial charge in [0.15, 0.2) is 0 Å². The Kier molecular flexibility index (Phi) is 5.06. The molecule has 110 valence electrons. The average Bonchev–Trinajstić information content (AvgIpc) is 2.47. The van der Waals surface area contributed by atoms with Crippen molar-refractivity contribution >= 4 is 23.2 Å². The van der Waals surface area contributed by atoms with Crippen LogP contribution in [0.25, 0.3) is 0 Å². The van der Waals surface area contributed by atoms with E-state index in [2.05, 4.69) is 5.32 Å². The van der Waals surface area contributed by atoms with Gasteiger partial charge >= 0.3 is 0 Å². The molecule has 0 bridgehead atoms. The summed E-state index contributed by atoms with van der Waals surface area (Å²) < 4.78 is 5.10. The van der Waals surface area contributed by atoms with Gasteiger partial charge < -0.3 is 15.8 Å². The molecule has 0 heterocycles. The lowest BCUT2D eigenvalue weighted by atomic mass is 10.1. The van der Waals surface area contributed by atoms with Crippen LogP contribution in [-0.2, 0) is 6.42 Å². The molecule has 4 nitrogen and oxygen atoms in total. The molecular formula is C16H17ClN2O2. The van der Waals surface area contributed by atoms with Gasteiger partial charge in [-0.3, -0.25) is 4.79 Å². The van der Waals surface area contributed by atoms with Gasteiger partial charge in [0.05, 0.1) is 12.8 Å². The van der Waals surface area contributed by atoms with Crippen LogP contribution in [0, 0.1) is 0 Å². The molecule has 2 rings (SSSR count). The standard InChI is InChI=1S/C16H17ClN2O2/c1-21-15-10-12(5-6-14(15)18)16(20)19-8-7-11-3-2-4-13(17)9-11/h2-6,9-10H,7-8,18H2,1H3,(H,19,20). The number of nitrogen functional groups attached to an aromatic ring is 1. The van der Waals surface area contributed by atoms with Gasteiger partial charge in [-0.25, -0.2) is 0 Å². The number of hydrogen-bond donors (Lipinski definition) is 2. The first-order valence-corrected chi connectivity index (χ1v) is 6.94. The Balaban J connectivity index is 1.93. The molecule has 0 saturated carbocycles. The zero-order valence-electron chi connectivity index (χ0n) is 11.7. The quantitative estimate of drug-likeness (QED) is 0.835. The first kappa shape index (κ1) is 15.2. The van der Waals surface area contributed by atoms with Crippen molar-refractivity contribution < 1.29 is 9.53 Å². The molecule has 0 unspecified atom stereocenters. The molecule has 0 saturated heterocycles. The van der Waals surface area contributed by atoms with Crippen LogP contribution in [0.2, 0.25) is 5.02 Å². The molecule has 0 fully saturated rings. The smallest absolute Gasteiger partial charge is 0.251 e. The molecule has 2 aromatic carbocycles. The van der Waals surface area contributed by atoms with Crippen molar-refractivity contribution in [3.05, 3.63) is 58.6 Å². The molecule has 0 radical (unpaired) electrons. The fourth-order valence-corrected chi connectivity index (χ4v) is 2.18. The lowest BCUT2D eigenvalue weighted by Gasteiger charge is -2.08. The van der Waals surface area contributed by atoms with Crippen LogP contribution in [0.3, 0.4) is 0 Å². The van der Waals surface area contributed by atoms with Gasteiger partial charge in [-0.15, -0.1) is 0 Å². The summed E-state index contributed by atoms with van der Waals surface area (Å²) in [6.07, 6.45) is 0.721. The Labute approximate surface area is 128 Å². The number of amides is 1. The monoisotopic (exact) mass is 304 g/mol. The third kappa shape index (κ3) is 4.13. The van der Waals surface area contributed by atoms with Gasteiger partial charge in [-0.05, 0) is 42.3 Å². The maximum atomic E-state index is 12.0. The molecule has 5 heteroatoms. The predicted octanol–water partition coefficient (Wildman–Crippen LogP) is 2.90. The van der Waals surface area contributed by atoms with Gasteiger partial charge in [-0.2, -0.15) is 0 Å². The third-order valence-electron chi connectivity index (χ3n) is 3.08. The highest BCUT2D eigenvalue weighted by Crippen LogP contribution is 2.22. The van der Waals surface area contributed by atoms with Crippen molar-refractivity contribution in [2.45, 2.75) is 6.42 Å². The predicted molar refractivity (Wildman–Crippen MR) is 84.9 cm³/mol. The van der Waals surface area contributed by atoms with Gasteiger partial charge in [0, 0.05) is 17.1 Å². The lowest BCUT2D eigenvalue weighted by Crippen LogP contribution is -2.25. The summed E-state index contributed by atoms with van der Waals surface area (Å²) in [6.45, 7) is 0.534. The highest BCUT2D eigenvalue weighted by molar-refractivity contribution is 6.30. The van der Waals surface area contributed by atoms with Gasteiger partial charge in [-0.1, -0.05) is 23.7 Å². The first-order valence-electron chi connectivity index (χ1n) is 6.56. The van der Waals surface area contributed by atoms with E-state index in [0.29, 0.717) is 28.6 Å². The number of anilines is 1. The van der Waals surface area contributed by atoms with E-state index < -0.39 is 0 Å². The molecule has 0 aliphatic carbocycles. The SMILES string of the molecule is COc1cc(C(=O)NCCc2cccc(Cl)c2)ccc1N. The summed E-state index contributed by atoms with van der Waals surface area (Å²) in [6, 6.07) is 12.5. The number of hydrogen-bond acceptors (Lipinski definition) is 3. The lowest BCUT2D eigenvalue weighted by molar-refractivity contribution is 0.0954. The topological polar surface area (TPSA) is 64.3 Å². The molecule has 3 N–H and O–H groups in total. The zero-order valence-corrected chi connectivity index (χ0v) is 12.5. The minimum absolute atomic E-state index is 0.157. The van der Waals surface area contributed by atoms with Crippen LogP contribution in [0.4, 0.5) is 5.69 Å². The minimum Gasteiger partial charge on any atom is -0.495 e. The third-order valence-corrected chi connectivity index (χ3v) is 3.32. The normalized spacial score (nSPS) is 10.2. The Morgan fingerprint density at radius 3 is 2.81 bits per heavy atom. The maximum absolute atomic E-state index is 12.0. The van der Waals surface area contributed by atoms with Crippen LogP contribution in [0.15, 0.2) is 42.5 Å². The molecule has 0 aliphatic rings. The molecule has 1 amide bonds. The van der Waals surface area contributed by atoms with Crippen molar-refractivity contribution in [2.75, 3.05) is 19.4 Å². The number of methoxy groups -OCH3 is 1. The summed E-state index contributed by atoms with van der Waals surface area (Å²) in [5.41, 5.74) is 7.83. The Morgan fingerprint density at radius 2 is 2.10 bits per heavy atom. The number of halogens is 1. The highest BCUT2D eigenvalue weighted by atomic mass is 35.5. The largest absolute Gasteiger partial charge is 0.495 e. The molecule has 0 aliphatic heterocycles. The highest BCUT2D eigenvalue weighted by Gasteiger charge is 2.08. The molecule has 0 aromatic heterocycles. The summed E-state index contributed by atoms with van der Waals surface area (Å²) in [5, 5.41) is 3.56. The molecule has 21 heavy (non-hydrogen) atoms. The number of carbonyl (C=O) groups excluding carboxylic acids is 1. The second kappa shape index (κ2) is 6.99. The number of nitrogens with two attached hydrogens (primary N) is 1. The number of benzene rings is 2. The van der Waals surface area contributed by atoms with Crippen molar-refractivity contribution in [3.8, 4) is 5.75 Å². The molecule has 2 aromatic rings. The summed E-state index contributed by atoms with van der Waals surface area (Å²) >= 11 is 5.92. The first-order chi connectivity index (χ1) is 10.1. The van der Waals surface area contributed by atoms with E-state index in [4.69, 9.17) is 22.1 Å². The zero-order chi connectivity index (χ0) is 15.2. The van der Waals surface area contributed by atoms with E-state index in [1.807, 2.05) is 24.3 Å². The van der Waals surface area contributed by atoms with E-state index in [0.717, 1.165) is 12.0 Å². The molecule has 0 atom stereocenters. The number of carbonyl (C=O) groups is 1. The van der Waals surface area contributed by atoms with Gasteiger partial charge in [0.2, 0.25) is 0 Å². The Hall–Kier alpha value is -2.20. The van der Waals surface area contributed by atoms with Crippen molar-refractivity contribution in [2.24, 2.45) is 0 Å². The van der Waals surface area contributed by atoms with E-state index in [1.165, 1.54) is 7.11 Å². The van der Waals surface area contributed by atoms with Gasteiger partial charge in [0.1, 0.15) is 5.75 Å². The minimum atomic E-state index is -0.157. The van der Waals surface area contributed by atoms with Crippen LogP contribution in [0.5, 0.6) is 5.75 Å². The van der Waals surface area contributed by atoms with E-state index in [9.17, 15) is 4.79 Å². The van der Waals surface area contributed by atoms with Crippen molar-refractivity contribution in [3.63, 3.8) is 0 Å². The number of rotatable bonds is 5. The fraction of sp³-hybridized carbons (Fsp3) is 0.188. The number of ether oxygens (including phenoxy) is 1. The molecule has 0 spiro atoms.